The Balaban J connectivity index is 5.28. The van der Waals surface area contributed by atoms with Crippen LogP contribution in [0.5, 0.6) is 0 Å². The van der Waals surface area contributed by atoms with Gasteiger partial charge in [0.25, 0.3) is 0 Å². The third-order valence-corrected chi connectivity index (χ3v) is 7.09. The first-order chi connectivity index (χ1) is 17.6. The number of hydrogen-bond acceptors (Lipinski definition) is 5. The minimum Gasteiger partial charge on any atom is -0.465 e. The molecule has 0 aliphatic heterocycles. The van der Waals surface area contributed by atoms with Gasteiger partial charge in [-0.1, -0.05) is 33.1 Å². The molecule has 39 heavy (non-hydrogen) atoms. The number of halogens is 9. The number of hydrogen-bond donors (Lipinski definition) is 0. The maximum atomic E-state index is 13.7. The fourth-order valence-electron chi connectivity index (χ4n) is 3.23. The third kappa shape index (κ3) is 12.3. The number of rotatable bonds is 19. The summed E-state index contributed by atoms with van der Waals surface area (Å²) in [5, 5.41) is -1.29. The van der Waals surface area contributed by atoms with Gasteiger partial charge in [0, 0.05) is 6.42 Å². The fourth-order valence-corrected chi connectivity index (χ4v) is 4.27. The predicted octanol–water partition coefficient (Wildman–Crippen LogP) is 6.74. The highest BCUT2D eigenvalue weighted by Gasteiger charge is 2.81. The van der Waals surface area contributed by atoms with Crippen molar-refractivity contribution in [2.24, 2.45) is 5.92 Å². The van der Waals surface area contributed by atoms with E-state index in [-0.39, 0.29) is 12.5 Å². The molecule has 0 amide bonds. The molecule has 232 valence electrons. The molecule has 0 N–H and O–H groups in total. The van der Waals surface area contributed by atoms with E-state index in [1.165, 1.54) is 0 Å². The van der Waals surface area contributed by atoms with Gasteiger partial charge < -0.3 is 14.0 Å². The van der Waals surface area contributed by atoms with Crippen LogP contribution in [0, 0.1) is 5.92 Å². The Hall–Kier alpha value is -1.38. The summed E-state index contributed by atoms with van der Waals surface area (Å²) in [5.41, 5.74) is 0. The summed E-state index contributed by atoms with van der Waals surface area (Å²) in [7, 11) is 5.73. The van der Waals surface area contributed by atoms with Crippen LogP contribution in [0.15, 0.2) is 0 Å². The Bertz CT molecular complexity index is 759. The molecule has 2 unspecified atom stereocenters. The van der Waals surface area contributed by atoms with Crippen LogP contribution >= 0.6 is 11.8 Å². The molecule has 5 nitrogen and oxygen atoms in total. The molecule has 0 aromatic rings. The van der Waals surface area contributed by atoms with Gasteiger partial charge in [0.05, 0.1) is 53.7 Å². The second-order valence-corrected chi connectivity index (χ2v) is 11.6. The minimum atomic E-state index is -7.02. The van der Waals surface area contributed by atoms with Crippen molar-refractivity contribution in [2.45, 2.75) is 88.0 Å². The van der Waals surface area contributed by atoms with E-state index < -0.39 is 60.6 Å². The van der Waals surface area contributed by atoms with Crippen molar-refractivity contribution in [1.29, 1.82) is 0 Å². The molecular formula is C24H39F9NO4S+. The number of thioether (sulfide) groups is 1. The Kier molecular flexibility index (Phi) is 15.0. The topological polar surface area (TPSA) is 52.6 Å². The van der Waals surface area contributed by atoms with Crippen LogP contribution < -0.4 is 0 Å². The van der Waals surface area contributed by atoms with Crippen molar-refractivity contribution in [3.8, 4) is 0 Å². The Morgan fingerprint density at radius 3 is 1.95 bits per heavy atom. The lowest BCUT2D eigenvalue weighted by atomic mass is 10.0. The number of esters is 2. The van der Waals surface area contributed by atoms with E-state index >= 15 is 0 Å². The van der Waals surface area contributed by atoms with E-state index in [4.69, 9.17) is 4.74 Å². The SMILES string of the molecule is CCCCC(CC)COC(=O)CC(SCCC[N+](C)(C)C)C(=O)OCCC(F)(F)C(F)(F)C(F)(F)C(F)(F)F. The summed E-state index contributed by atoms with van der Waals surface area (Å²) in [6, 6.07) is 0. The molecule has 0 heterocycles. The molecule has 0 rings (SSSR count). The van der Waals surface area contributed by atoms with Gasteiger partial charge in [-0.2, -0.15) is 39.5 Å². The van der Waals surface area contributed by atoms with Crippen molar-refractivity contribution in [3.63, 3.8) is 0 Å². The van der Waals surface area contributed by atoms with Crippen LogP contribution in [0.1, 0.15) is 58.8 Å². The number of alkyl halides is 9. The van der Waals surface area contributed by atoms with E-state index in [9.17, 15) is 49.1 Å². The van der Waals surface area contributed by atoms with Gasteiger partial charge in [-0.25, -0.2) is 0 Å². The van der Waals surface area contributed by atoms with Crippen molar-refractivity contribution < 1.29 is 63.1 Å². The van der Waals surface area contributed by atoms with Gasteiger partial charge >= 0.3 is 35.9 Å². The number of quaternary nitrogens is 1. The summed E-state index contributed by atoms with van der Waals surface area (Å²) in [5.74, 6) is -21.3. The molecule has 2 atom stereocenters. The molecule has 0 bridgehead atoms. The van der Waals surface area contributed by atoms with E-state index in [0.29, 0.717) is 23.2 Å². The van der Waals surface area contributed by atoms with Gasteiger partial charge in [-0.15, -0.1) is 11.8 Å². The van der Waals surface area contributed by atoms with Gasteiger partial charge in [-0.05, 0) is 18.1 Å². The molecule has 15 heteroatoms. The van der Waals surface area contributed by atoms with E-state index in [1.54, 1.807) is 0 Å². The van der Waals surface area contributed by atoms with Crippen molar-refractivity contribution in [3.05, 3.63) is 0 Å². The zero-order valence-corrected chi connectivity index (χ0v) is 23.6. The second-order valence-electron chi connectivity index (χ2n) is 10.3. The number of carbonyl (C=O) groups is 2. The monoisotopic (exact) mass is 608 g/mol. The maximum Gasteiger partial charge on any atom is 0.460 e. The Labute approximate surface area is 227 Å². The average molecular weight is 609 g/mol. The normalized spacial score (nSPS) is 15.1. The number of nitrogens with zero attached hydrogens (tertiary/aromatic N) is 1. The Morgan fingerprint density at radius 1 is 0.872 bits per heavy atom. The number of unbranched alkanes of at least 4 members (excludes halogenated alkanes) is 1. The molecule has 0 saturated heterocycles. The van der Waals surface area contributed by atoms with Crippen LogP contribution in [-0.2, 0) is 19.1 Å². The van der Waals surface area contributed by atoms with Crippen LogP contribution in [0.2, 0.25) is 0 Å². The third-order valence-electron chi connectivity index (χ3n) is 5.80. The maximum absolute atomic E-state index is 13.7. The molecule has 0 radical (unpaired) electrons. The van der Waals surface area contributed by atoms with Crippen molar-refractivity contribution in [2.75, 3.05) is 46.7 Å². The van der Waals surface area contributed by atoms with Crippen LogP contribution in [0.3, 0.4) is 0 Å². The molecular weight excluding hydrogens is 569 g/mol. The molecule has 0 spiro atoms. The molecule has 0 saturated carbocycles. The first-order valence-corrected chi connectivity index (χ1v) is 13.6. The van der Waals surface area contributed by atoms with Crippen LogP contribution in [0.4, 0.5) is 39.5 Å². The Morgan fingerprint density at radius 2 is 1.46 bits per heavy atom. The lowest BCUT2D eigenvalue weighted by molar-refractivity contribution is -0.870. The first-order valence-electron chi connectivity index (χ1n) is 12.6. The fraction of sp³-hybridized carbons (Fsp3) is 0.917. The summed E-state index contributed by atoms with van der Waals surface area (Å²) in [6.07, 6.45) is -5.76. The predicted molar refractivity (Wildman–Crippen MR) is 129 cm³/mol. The molecule has 0 aromatic heterocycles. The van der Waals surface area contributed by atoms with Gasteiger partial charge in [0.2, 0.25) is 0 Å². The van der Waals surface area contributed by atoms with E-state index in [0.717, 1.165) is 37.4 Å². The standard InChI is InChI=1S/C24H39F9NO4S/c1-6-8-10-17(7-2)16-38-19(35)15-18(39-14-9-12-34(3,4)5)20(36)37-13-11-21(25,26)22(27,28)23(29,30)24(31,32)33/h17-18H,6-16H2,1-5H3/q+1. The minimum absolute atomic E-state index is 0.0928. The van der Waals surface area contributed by atoms with Crippen LogP contribution in [0.25, 0.3) is 0 Å². The van der Waals surface area contributed by atoms with Gasteiger partial charge in [0.15, 0.2) is 0 Å². The molecule has 0 aromatic carbocycles. The summed E-state index contributed by atoms with van der Waals surface area (Å²) >= 11 is 0.934. The highest BCUT2D eigenvalue weighted by atomic mass is 32.2. The number of carbonyl (C=O) groups excluding carboxylic acids is 2. The van der Waals surface area contributed by atoms with Crippen LogP contribution in [-0.4, -0.2) is 92.3 Å². The molecule has 0 aliphatic rings. The quantitative estimate of drug-likeness (QED) is 0.0704. The summed E-state index contributed by atoms with van der Waals surface area (Å²) in [4.78, 5) is 24.8. The first kappa shape index (κ1) is 37.6. The van der Waals surface area contributed by atoms with Crippen molar-refractivity contribution >= 4 is 23.7 Å². The number of ether oxygens (including phenoxy) is 2. The van der Waals surface area contributed by atoms with E-state index in [2.05, 4.69) is 4.74 Å². The lowest BCUT2D eigenvalue weighted by Gasteiger charge is -2.33. The highest BCUT2D eigenvalue weighted by Crippen LogP contribution is 2.54. The van der Waals surface area contributed by atoms with E-state index in [1.807, 2.05) is 35.0 Å². The highest BCUT2D eigenvalue weighted by molar-refractivity contribution is 8.00. The largest absolute Gasteiger partial charge is 0.465 e. The second kappa shape index (κ2) is 15.6. The molecule has 0 fully saturated rings. The smallest absolute Gasteiger partial charge is 0.460 e. The zero-order valence-electron chi connectivity index (χ0n) is 22.8. The average Bonchev–Trinajstić information content (AvgIpc) is 2.79. The zero-order chi connectivity index (χ0) is 30.7. The van der Waals surface area contributed by atoms with Gasteiger partial charge in [-0.3, -0.25) is 9.59 Å². The lowest BCUT2D eigenvalue weighted by Crippen LogP contribution is -2.61. The summed E-state index contributed by atoms with van der Waals surface area (Å²) in [6.45, 7) is 3.11. The molecule has 0 aliphatic carbocycles. The summed E-state index contributed by atoms with van der Waals surface area (Å²) < 4.78 is 128. The van der Waals surface area contributed by atoms with Crippen molar-refractivity contribution in [1.82, 2.24) is 0 Å². The van der Waals surface area contributed by atoms with Gasteiger partial charge in [0.1, 0.15) is 5.25 Å².